The molecule has 0 aliphatic heterocycles. The first-order chi connectivity index (χ1) is 18.2. The molecule has 4 rings (SSSR count). The van der Waals surface area contributed by atoms with Gasteiger partial charge in [0.25, 0.3) is 15.9 Å². The number of rotatable bonds is 9. The van der Waals surface area contributed by atoms with Crippen LogP contribution in [0.5, 0.6) is 0 Å². The first-order valence-corrected chi connectivity index (χ1v) is 13.9. The number of nitrogens with one attached hydrogen (secondary N) is 1. The highest BCUT2D eigenvalue weighted by molar-refractivity contribution is 7.92. The number of hydrazone groups is 1. The van der Waals surface area contributed by atoms with Gasteiger partial charge in [-0.3, -0.25) is 9.10 Å². The molecule has 0 aliphatic rings. The molecule has 4 aromatic rings. The Morgan fingerprint density at radius 3 is 2.29 bits per heavy atom. The topological polar surface area (TPSA) is 83.8 Å². The summed E-state index contributed by atoms with van der Waals surface area (Å²) in [6, 6.07) is 25.8. The number of benzene rings is 3. The maximum Gasteiger partial charge on any atom is 0.264 e. The largest absolute Gasteiger partial charge is 0.318 e. The van der Waals surface area contributed by atoms with Gasteiger partial charge in [-0.25, -0.2) is 13.8 Å². The van der Waals surface area contributed by atoms with Crippen molar-refractivity contribution in [3.8, 4) is 5.69 Å². The van der Waals surface area contributed by atoms with Gasteiger partial charge in [0.05, 0.1) is 16.8 Å². The molecule has 8 heteroatoms. The number of carbonyl (C=O) groups is 1. The fourth-order valence-corrected chi connectivity index (χ4v) is 5.88. The first kappa shape index (κ1) is 26.9. The minimum absolute atomic E-state index is 0.124. The normalized spacial score (nSPS) is 11.6. The maximum absolute atomic E-state index is 13.7. The van der Waals surface area contributed by atoms with Crippen LogP contribution in [-0.4, -0.2) is 31.7 Å². The van der Waals surface area contributed by atoms with E-state index in [9.17, 15) is 13.2 Å². The van der Waals surface area contributed by atoms with E-state index in [1.165, 1.54) is 0 Å². The van der Waals surface area contributed by atoms with Crippen molar-refractivity contribution in [2.75, 3.05) is 10.8 Å². The molecule has 196 valence electrons. The smallest absolute Gasteiger partial charge is 0.264 e. The molecule has 1 amide bonds. The molecule has 0 saturated carbocycles. The summed E-state index contributed by atoms with van der Waals surface area (Å²) in [5.41, 5.74) is 8.67. The quantitative estimate of drug-likeness (QED) is 0.236. The molecule has 0 bridgehead atoms. The highest BCUT2D eigenvalue weighted by Gasteiger charge is 2.28. The summed E-state index contributed by atoms with van der Waals surface area (Å²) in [5, 5.41) is 4.15. The van der Waals surface area contributed by atoms with E-state index in [2.05, 4.69) is 15.1 Å². The van der Waals surface area contributed by atoms with Gasteiger partial charge in [0.15, 0.2) is 0 Å². The Morgan fingerprint density at radius 2 is 1.61 bits per heavy atom. The van der Waals surface area contributed by atoms with Gasteiger partial charge in [-0.05, 0) is 69.2 Å². The molecule has 1 heterocycles. The number of aromatic nitrogens is 1. The Balaban J connectivity index is 1.58. The molecule has 0 fully saturated rings. The van der Waals surface area contributed by atoms with Crippen molar-refractivity contribution in [3.63, 3.8) is 0 Å². The lowest BCUT2D eigenvalue weighted by molar-refractivity contribution is -0.119. The van der Waals surface area contributed by atoms with E-state index in [1.54, 1.807) is 42.6 Å². The van der Waals surface area contributed by atoms with Crippen molar-refractivity contribution in [3.05, 3.63) is 113 Å². The van der Waals surface area contributed by atoms with E-state index in [0.29, 0.717) is 12.1 Å². The lowest BCUT2D eigenvalue weighted by Crippen LogP contribution is -2.40. The number of carbonyl (C=O) groups excluding carboxylic acids is 1. The van der Waals surface area contributed by atoms with Crippen LogP contribution in [0.25, 0.3) is 5.69 Å². The summed E-state index contributed by atoms with van der Waals surface area (Å²) in [6.07, 6.45) is 2.20. The monoisotopic (exact) mass is 528 g/mol. The Hall–Kier alpha value is -4.17. The van der Waals surface area contributed by atoms with Crippen LogP contribution in [-0.2, 0) is 21.2 Å². The fraction of sp³-hybridized carbons (Fsp3) is 0.200. The summed E-state index contributed by atoms with van der Waals surface area (Å²) >= 11 is 0. The molecule has 0 aliphatic carbocycles. The molecule has 38 heavy (non-hydrogen) atoms. The van der Waals surface area contributed by atoms with Gasteiger partial charge in [-0.2, -0.15) is 5.10 Å². The van der Waals surface area contributed by atoms with Crippen LogP contribution < -0.4 is 9.73 Å². The van der Waals surface area contributed by atoms with Crippen LogP contribution in [0.4, 0.5) is 5.69 Å². The van der Waals surface area contributed by atoms with Crippen molar-refractivity contribution >= 4 is 27.8 Å². The van der Waals surface area contributed by atoms with E-state index < -0.39 is 22.5 Å². The third-order valence-corrected chi connectivity index (χ3v) is 8.19. The molecule has 7 nitrogen and oxygen atoms in total. The van der Waals surface area contributed by atoms with Crippen molar-refractivity contribution in [1.29, 1.82) is 0 Å². The zero-order chi connectivity index (χ0) is 27.3. The standard InChI is InChI=1S/C30H32N4O3S/c1-5-25-11-9-10-14-29(25)33(38(36,37)28-17-15-22(2)16-18-28)21-30(35)32-31-20-26-19-23(3)34(24(26)4)27-12-7-6-8-13-27/h6-20H,5,21H2,1-4H3,(H,32,35)/b31-20-. The van der Waals surface area contributed by atoms with Crippen LogP contribution in [0.3, 0.4) is 0 Å². The molecular formula is C30H32N4O3S. The van der Waals surface area contributed by atoms with E-state index in [1.807, 2.05) is 76.2 Å². The SMILES string of the molecule is CCc1ccccc1N(CC(=O)N/N=C\c1cc(C)n(-c2ccccc2)c1C)S(=O)(=O)c1ccc(C)cc1. The molecule has 0 atom stereocenters. The Morgan fingerprint density at radius 1 is 0.947 bits per heavy atom. The van der Waals surface area contributed by atoms with Gasteiger partial charge in [0.1, 0.15) is 6.54 Å². The Labute approximate surface area is 224 Å². The number of para-hydroxylation sites is 2. The highest BCUT2D eigenvalue weighted by atomic mass is 32.2. The number of hydrogen-bond acceptors (Lipinski definition) is 4. The van der Waals surface area contributed by atoms with Crippen LogP contribution in [0.2, 0.25) is 0 Å². The van der Waals surface area contributed by atoms with Gasteiger partial charge in [-0.1, -0.05) is 61.0 Å². The molecule has 0 unspecified atom stereocenters. The van der Waals surface area contributed by atoms with E-state index in [-0.39, 0.29) is 4.90 Å². The summed E-state index contributed by atoms with van der Waals surface area (Å²) in [5.74, 6) is -0.542. The summed E-state index contributed by atoms with van der Waals surface area (Å²) in [6.45, 7) is 7.43. The van der Waals surface area contributed by atoms with Gasteiger partial charge >= 0.3 is 0 Å². The Bertz CT molecular complexity index is 1560. The van der Waals surface area contributed by atoms with E-state index >= 15 is 0 Å². The van der Waals surface area contributed by atoms with Gasteiger partial charge < -0.3 is 4.57 Å². The first-order valence-electron chi connectivity index (χ1n) is 12.5. The summed E-state index contributed by atoms with van der Waals surface area (Å²) in [7, 11) is -4.00. The number of aryl methyl sites for hydroxylation is 3. The minimum atomic E-state index is -4.00. The fourth-order valence-electron chi connectivity index (χ4n) is 4.42. The van der Waals surface area contributed by atoms with Crippen molar-refractivity contribution in [2.24, 2.45) is 5.10 Å². The molecule has 0 spiro atoms. The third kappa shape index (κ3) is 5.70. The molecule has 0 radical (unpaired) electrons. The summed E-state index contributed by atoms with van der Waals surface area (Å²) < 4.78 is 30.6. The lowest BCUT2D eigenvalue weighted by Gasteiger charge is -2.25. The van der Waals surface area contributed by atoms with Crippen LogP contribution in [0.15, 0.2) is 94.9 Å². The Kier molecular flexibility index (Phi) is 8.12. The van der Waals surface area contributed by atoms with E-state index in [4.69, 9.17) is 0 Å². The van der Waals surface area contributed by atoms with Gasteiger partial charge in [0, 0.05) is 22.6 Å². The van der Waals surface area contributed by atoms with Crippen LogP contribution in [0.1, 0.15) is 35.0 Å². The molecule has 0 saturated heterocycles. The number of anilines is 1. The second-order valence-electron chi connectivity index (χ2n) is 9.10. The second kappa shape index (κ2) is 11.5. The lowest BCUT2D eigenvalue weighted by atomic mass is 10.1. The number of amides is 1. The summed E-state index contributed by atoms with van der Waals surface area (Å²) in [4.78, 5) is 13.1. The van der Waals surface area contributed by atoms with Gasteiger partial charge in [-0.15, -0.1) is 0 Å². The average molecular weight is 529 g/mol. The van der Waals surface area contributed by atoms with Crippen molar-refractivity contribution in [1.82, 2.24) is 9.99 Å². The predicted molar refractivity (Wildman–Crippen MR) is 153 cm³/mol. The molecule has 1 N–H and O–H groups in total. The van der Waals surface area contributed by atoms with E-state index in [0.717, 1.165) is 38.1 Å². The molecule has 1 aromatic heterocycles. The number of sulfonamides is 1. The van der Waals surface area contributed by atoms with Gasteiger partial charge in [0.2, 0.25) is 0 Å². The predicted octanol–water partition coefficient (Wildman–Crippen LogP) is 5.31. The average Bonchev–Trinajstić information content (AvgIpc) is 3.20. The molecule has 3 aromatic carbocycles. The van der Waals surface area contributed by atoms with Crippen molar-refractivity contribution in [2.45, 2.75) is 39.0 Å². The zero-order valence-corrected chi connectivity index (χ0v) is 22.9. The maximum atomic E-state index is 13.7. The number of hydrogen-bond donors (Lipinski definition) is 1. The second-order valence-corrected chi connectivity index (χ2v) is 11.0. The van der Waals surface area contributed by atoms with Crippen LogP contribution >= 0.6 is 0 Å². The molecular weight excluding hydrogens is 496 g/mol. The minimum Gasteiger partial charge on any atom is -0.318 e. The number of nitrogens with zero attached hydrogens (tertiary/aromatic N) is 3. The van der Waals surface area contributed by atoms with Crippen LogP contribution in [0, 0.1) is 20.8 Å². The van der Waals surface area contributed by atoms with Crippen molar-refractivity contribution < 1.29 is 13.2 Å². The zero-order valence-electron chi connectivity index (χ0n) is 22.0. The highest BCUT2D eigenvalue weighted by Crippen LogP contribution is 2.27. The third-order valence-electron chi connectivity index (χ3n) is 6.41.